The van der Waals surface area contributed by atoms with Crippen LogP contribution in [0.25, 0.3) is 21.7 Å². The Bertz CT molecular complexity index is 1400. The zero-order valence-corrected chi connectivity index (χ0v) is 17.5. The molecule has 2 aromatic carbocycles. The minimum Gasteiger partial charge on any atom is -0.287 e. The van der Waals surface area contributed by atoms with Gasteiger partial charge in [0.25, 0.3) is 5.56 Å². The van der Waals surface area contributed by atoms with E-state index >= 15 is 0 Å². The summed E-state index contributed by atoms with van der Waals surface area (Å²) in [5.41, 5.74) is 4.85. The SMILES string of the molecule is Cc1ccc(-n2c(SCc3cc(=O)n4nc(C)sc4n3)nc3ccccc32)cc1. The summed E-state index contributed by atoms with van der Waals surface area (Å²) >= 11 is 2.99. The standard InChI is InChI=1S/C21H17N5OS2/c1-13-7-9-16(10-8-13)25-18-6-4-3-5-17(18)23-20(25)28-12-15-11-19(27)26-21(22-15)29-14(2)24-26/h3-11H,12H2,1-2H3. The molecule has 8 heteroatoms. The number of fused-ring (bicyclic) bond motifs is 2. The highest BCUT2D eigenvalue weighted by atomic mass is 32.2. The molecule has 0 N–H and O–H groups in total. The maximum Gasteiger partial charge on any atom is 0.275 e. The first kappa shape index (κ1) is 18.1. The van der Waals surface area contributed by atoms with Crippen LogP contribution < -0.4 is 5.56 Å². The largest absolute Gasteiger partial charge is 0.287 e. The lowest BCUT2D eigenvalue weighted by Crippen LogP contribution is -2.15. The van der Waals surface area contributed by atoms with Gasteiger partial charge in [0.1, 0.15) is 5.01 Å². The van der Waals surface area contributed by atoms with E-state index in [9.17, 15) is 4.79 Å². The second-order valence-corrected chi connectivity index (χ2v) is 8.85. The summed E-state index contributed by atoms with van der Waals surface area (Å²) in [7, 11) is 0. The van der Waals surface area contributed by atoms with Gasteiger partial charge in [-0.15, -0.1) is 0 Å². The monoisotopic (exact) mass is 419 g/mol. The topological polar surface area (TPSA) is 65.1 Å². The number of hydrogen-bond acceptors (Lipinski definition) is 6. The second kappa shape index (κ2) is 7.13. The van der Waals surface area contributed by atoms with Crippen LogP contribution in [0.3, 0.4) is 0 Å². The molecule has 144 valence electrons. The summed E-state index contributed by atoms with van der Waals surface area (Å²) in [5, 5.41) is 5.89. The van der Waals surface area contributed by atoms with Crippen LogP contribution in [0.15, 0.2) is 64.5 Å². The molecule has 0 spiro atoms. The van der Waals surface area contributed by atoms with Crippen molar-refractivity contribution in [2.24, 2.45) is 0 Å². The minimum absolute atomic E-state index is 0.151. The molecule has 5 aromatic rings. The van der Waals surface area contributed by atoms with Crippen molar-refractivity contribution in [3.63, 3.8) is 0 Å². The molecule has 5 rings (SSSR count). The van der Waals surface area contributed by atoms with Crippen LogP contribution in [0.1, 0.15) is 16.3 Å². The number of imidazole rings is 1. The molecular formula is C21H17N5OS2. The van der Waals surface area contributed by atoms with Gasteiger partial charge in [0.05, 0.1) is 16.7 Å². The Balaban J connectivity index is 1.54. The van der Waals surface area contributed by atoms with E-state index in [0.29, 0.717) is 10.7 Å². The van der Waals surface area contributed by atoms with Crippen molar-refractivity contribution in [3.05, 3.63) is 81.2 Å². The van der Waals surface area contributed by atoms with Crippen LogP contribution in [0.5, 0.6) is 0 Å². The molecule has 29 heavy (non-hydrogen) atoms. The molecule has 3 heterocycles. The third kappa shape index (κ3) is 3.34. The maximum absolute atomic E-state index is 12.3. The summed E-state index contributed by atoms with van der Waals surface area (Å²) in [5.74, 6) is 0.553. The van der Waals surface area contributed by atoms with Gasteiger partial charge in [0.2, 0.25) is 4.96 Å². The lowest BCUT2D eigenvalue weighted by atomic mass is 10.2. The minimum atomic E-state index is -0.151. The molecule has 6 nitrogen and oxygen atoms in total. The van der Waals surface area contributed by atoms with Gasteiger partial charge in [0.15, 0.2) is 5.16 Å². The molecular weight excluding hydrogens is 402 g/mol. The Morgan fingerprint density at radius 1 is 1.03 bits per heavy atom. The highest BCUT2D eigenvalue weighted by Crippen LogP contribution is 2.29. The molecule has 0 aliphatic heterocycles. The first-order valence-electron chi connectivity index (χ1n) is 9.12. The number of hydrogen-bond donors (Lipinski definition) is 0. The van der Waals surface area contributed by atoms with Gasteiger partial charge in [-0.1, -0.05) is 52.9 Å². The van der Waals surface area contributed by atoms with Gasteiger partial charge in [-0.3, -0.25) is 9.36 Å². The van der Waals surface area contributed by atoms with Crippen molar-refractivity contribution in [1.82, 2.24) is 24.1 Å². The Kier molecular flexibility index (Phi) is 4.44. The average Bonchev–Trinajstić information content (AvgIpc) is 3.27. The van der Waals surface area contributed by atoms with E-state index in [2.05, 4.69) is 51.9 Å². The van der Waals surface area contributed by atoms with Gasteiger partial charge >= 0.3 is 0 Å². The average molecular weight is 420 g/mol. The molecule has 0 aliphatic carbocycles. The van der Waals surface area contributed by atoms with E-state index in [0.717, 1.165) is 32.6 Å². The molecule has 0 fully saturated rings. The lowest BCUT2D eigenvalue weighted by Gasteiger charge is -2.09. The summed E-state index contributed by atoms with van der Waals surface area (Å²) in [4.78, 5) is 22.4. The van der Waals surface area contributed by atoms with Crippen LogP contribution in [0.2, 0.25) is 0 Å². The van der Waals surface area contributed by atoms with Gasteiger partial charge in [0, 0.05) is 17.5 Å². The highest BCUT2D eigenvalue weighted by molar-refractivity contribution is 7.98. The Morgan fingerprint density at radius 3 is 2.66 bits per heavy atom. The Hall–Kier alpha value is -2.97. The molecule has 0 unspecified atom stereocenters. The highest BCUT2D eigenvalue weighted by Gasteiger charge is 2.14. The van der Waals surface area contributed by atoms with Crippen LogP contribution in [-0.4, -0.2) is 24.1 Å². The molecule has 0 bridgehead atoms. The number of aryl methyl sites for hydroxylation is 2. The third-order valence-electron chi connectivity index (χ3n) is 4.57. The summed E-state index contributed by atoms with van der Waals surface area (Å²) in [6, 6.07) is 18.1. The quantitative estimate of drug-likeness (QED) is 0.404. The molecule has 3 aromatic heterocycles. The molecule has 0 radical (unpaired) electrons. The first-order chi connectivity index (χ1) is 14.1. The van der Waals surface area contributed by atoms with Crippen molar-refractivity contribution in [1.29, 1.82) is 0 Å². The summed E-state index contributed by atoms with van der Waals surface area (Å²) in [6.07, 6.45) is 0. The lowest BCUT2D eigenvalue weighted by molar-refractivity contribution is 0.870. The fourth-order valence-corrected chi connectivity index (χ4v) is 4.90. The summed E-state index contributed by atoms with van der Waals surface area (Å²) < 4.78 is 3.51. The molecule has 0 saturated heterocycles. The van der Waals surface area contributed by atoms with Crippen LogP contribution in [0.4, 0.5) is 0 Å². The number of rotatable bonds is 4. The molecule has 0 aliphatic rings. The van der Waals surface area contributed by atoms with Gasteiger partial charge in [-0.2, -0.15) is 9.61 Å². The zero-order chi connectivity index (χ0) is 20.0. The predicted molar refractivity (Wildman–Crippen MR) is 117 cm³/mol. The Labute approximate surface area is 174 Å². The number of para-hydroxylation sites is 2. The number of thioether (sulfide) groups is 1. The van der Waals surface area contributed by atoms with Crippen LogP contribution in [0, 0.1) is 13.8 Å². The van der Waals surface area contributed by atoms with Crippen molar-refractivity contribution in [2.45, 2.75) is 24.8 Å². The normalized spacial score (nSPS) is 11.5. The van der Waals surface area contributed by atoms with Crippen molar-refractivity contribution in [3.8, 4) is 5.69 Å². The van der Waals surface area contributed by atoms with Crippen molar-refractivity contribution in [2.75, 3.05) is 0 Å². The van der Waals surface area contributed by atoms with E-state index in [1.807, 2.05) is 25.1 Å². The Morgan fingerprint density at radius 2 is 1.83 bits per heavy atom. The van der Waals surface area contributed by atoms with E-state index in [1.54, 1.807) is 17.8 Å². The smallest absolute Gasteiger partial charge is 0.275 e. The van der Waals surface area contributed by atoms with Gasteiger partial charge < -0.3 is 0 Å². The molecule has 0 saturated carbocycles. The molecule has 0 amide bonds. The predicted octanol–water partition coefficient (Wildman–Crippen LogP) is 4.40. The zero-order valence-electron chi connectivity index (χ0n) is 15.9. The van der Waals surface area contributed by atoms with Gasteiger partial charge in [-0.25, -0.2) is 9.97 Å². The van der Waals surface area contributed by atoms with Crippen LogP contribution >= 0.6 is 23.1 Å². The number of aromatic nitrogens is 5. The third-order valence-corrected chi connectivity index (χ3v) is 6.37. The van der Waals surface area contributed by atoms with Gasteiger partial charge in [-0.05, 0) is 38.1 Å². The van der Waals surface area contributed by atoms with Crippen molar-refractivity contribution >= 4 is 39.1 Å². The summed E-state index contributed by atoms with van der Waals surface area (Å²) in [6.45, 7) is 3.95. The van der Waals surface area contributed by atoms with Crippen LogP contribution in [-0.2, 0) is 5.75 Å². The van der Waals surface area contributed by atoms with E-state index in [4.69, 9.17) is 4.98 Å². The second-order valence-electron chi connectivity index (χ2n) is 6.74. The fourth-order valence-electron chi connectivity index (χ4n) is 3.21. The fraction of sp³-hybridized carbons (Fsp3) is 0.143. The van der Waals surface area contributed by atoms with Crippen molar-refractivity contribution < 1.29 is 0 Å². The van der Waals surface area contributed by atoms with E-state index in [1.165, 1.54) is 21.4 Å². The maximum atomic E-state index is 12.3. The number of nitrogens with zero attached hydrogens (tertiary/aromatic N) is 5. The van der Waals surface area contributed by atoms with E-state index in [-0.39, 0.29) is 5.56 Å². The number of benzene rings is 2. The van der Waals surface area contributed by atoms with E-state index < -0.39 is 0 Å². The first-order valence-corrected chi connectivity index (χ1v) is 10.9. The molecule has 0 atom stereocenters.